The molecule has 0 radical (unpaired) electrons. The molecule has 3 aromatic carbocycles. The molecule has 0 atom stereocenters. The Morgan fingerprint density at radius 1 is 0.875 bits per heavy atom. The molecule has 1 aliphatic carbocycles. The molecule has 0 spiro atoms. The van der Waals surface area contributed by atoms with E-state index in [4.69, 9.17) is 16.3 Å². The van der Waals surface area contributed by atoms with Crippen LogP contribution < -0.4 is 15.4 Å². The number of amides is 2. The number of aromatic nitrogens is 3. The van der Waals surface area contributed by atoms with Gasteiger partial charge in [0.25, 0.3) is 11.8 Å². The van der Waals surface area contributed by atoms with Gasteiger partial charge in [0.1, 0.15) is 23.2 Å². The molecule has 3 N–H and O–H groups in total. The molecule has 2 heterocycles. The lowest BCUT2D eigenvalue weighted by atomic mass is 9.88. The van der Waals surface area contributed by atoms with E-state index in [-0.39, 0.29) is 22.5 Å². The van der Waals surface area contributed by atoms with E-state index in [1.54, 1.807) is 24.3 Å². The maximum Gasteiger partial charge on any atom is 0.273 e. The van der Waals surface area contributed by atoms with Gasteiger partial charge in [0, 0.05) is 28.7 Å². The molecule has 8 nitrogen and oxygen atoms in total. The number of nitrogens with one attached hydrogen (secondary N) is 3. The van der Waals surface area contributed by atoms with E-state index in [2.05, 4.69) is 25.8 Å². The van der Waals surface area contributed by atoms with Crippen molar-refractivity contribution in [3.05, 3.63) is 124 Å². The summed E-state index contributed by atoms with van der Waals surface area (Å²) in [5.41, 5.74) is 6.53. The monoisotopic (exact) mass is 549 g/mol. The number of aryl methyl sites for hydroxylation is 1. The number of ether oxygens (including phenoxy) is 1. The number of H-pyrrole nitrogens is 1. The minimum atomic E-state index is -0.354. The second-order valence-electron chi connectivity index (χ2n) is 9.35. The second kappa shape index (κ2) is 11.0. The van der Waals surface area contributed by atoms with Crippen LogP contribution in [0.2, 0.25) is 5.15 Å². The molecule has 198 valence electrons. The van der Waals surface area contributed by atoms with Crippen LogP contribution in [0.5, 0.6) is 5.75 Å². The average molecular weight is 550 g/mol. The largest absolute Gasteiger partial charge is 0.489 e. The van der Waals surface area contributed by atoms with Crippen LogP contribution in [0.3, 0.4) is 0 Å². The summed E-state index contributed by atoms with van der Waals surface area (Å²) in [7, 11) is 0. The van der Waals surface area contributed by atoms with E-state index < -0.39 is 0 Å². The standard InChI is InChI=1S/C31H24ClN5O3/c32-29-25(7-4-16-33-29)30(38)35-22-10-8-20-9-15-24-27(26(20)17-22)36-37-28(24)31(39)34-21-11-13-23(14-12-21)40-18-19-5-2-1-3-6-19/h1-8,10-14,16-17H,9,15,18H2,(H,34,39)(H,35,38)(H,36,37). The van der Waals surface area contributed by atoms with Crippen LogP contribution in [-0.4, -0.2) is 27.0 Å². The van der Waals surface area contributed by atoms with Crippen molar-refractivity contribution in [3.63, 3.8) is 0 Å². The number of fused-ring (bicyclic) bond motifs is 3. The highest BCUT2D eigenvalue weighted by molar-refractivity contribution is 6.33. The van der Waals surface area contributed by atoms with Gasteiger partial charge in [0.05, 0.1) is 11.3 Å². The van der Waals surface area contributed by atoms with Crippen molar-refractivity contribution in [2.75, 3.05) is 10.6 Å². The summed E-state index contributed by atoms with van der Waals surface area (Å²) >= 11 is 6.07. The van der Waals surface area contributed by atoms with Gasteiger partial charge in [-0.1, -0.05) is 48.0 Å². The summed E-state index contributed by atoms with van der Waals surface area (Å²) in [4.78, 5) is 29.8. The molecule has 9 heteroatoms. The lowest BCUT2D eigenvalue weighted by Crippen LogP contribution is -2.16. The van der Waals surface area contributed by atoms with Gasteiger partial charge >= 0.3 is 0 Å². The van der Waals surface area contributed by atoms with Crippen molar-refractivity contribution in [2.45, 2.75) is 19.4 Å². The minimum Gasteiger partial charge on any atom is -0.489 e. The third-order valence-corrected chi connectivity index (χ3v) is 7.03. The summed E-state index contributed by atoms with van der Waals surface area (Å²) in [6.07, 6.45) is 2.95. The third kappa shape index (κ3) is 5.30. The number of benzene rings is 3. The molecule has 40 heavy (non-hydrogen) atoms. The first-order valence-electron chi connectivity index (χ1n) is 12.8. The number of anilines is 2. The zero-order valence-electron chi connectivity index (χ0n) is 21.3. The van der Waals surface area contributed by atoms with Crippen LogP contribution in [0.15, 0.2) is 91.1 Å². The zero-order valence-corrected chi connectivity index (χ0v) is 22.0. The molecule has 6 rings (SSSR count). The van der Waals surface area contributed by atoms with E-state index in [0.29, 0.717) is 41.5 Å². The smallest absolute Gasteiger partial charge is 0.273 e. The van der Waals surface area contributed by atoms with E-state index in [1.807, 2.05) is 60.7 Å². The van der Waals surface area contributed by atoms with Gasteiger partial charge < -0.3 is 15.4 Å². The Morgan fingerprint density at radius 3 is 2.45 bits per heavy atom. The number of hydrogen-bond donors (Lipinski definition) is 3. The molecular formula is C31H24ClN5O3. The second-order valence-corrected chi connectivity index (χ2v) is 9.70. The number of carbonyl (C=O) groups is 2. The maximum absolute atomic E-state index is 13.2. The van der Waals surface area contributed by atoms with Crippen molar-refractivity contribution in [1.82, 2.24) is 15.2 Å². The highest BCUT2D eigenvalue weighted by Crippen LogP contribution is 2.35. The third-order valence-electron chi connectivity index (χ3n) is 6.73. The predicted molar refractivity (Wildman–Crippen MR) is 154 cm³/mol. The fourth-order valence-corrected chi connectivity index (χ4v) is 4.90. The van der Waals surface area contributed by atoms with Gasteiger partial charge in [0.2, 0.25) is 0 Å². The summed E-state index contributed by atoms with van der Waals surface area (Å²) in [5.74, 6) is 0.0876. The van der Waals surface area contributed by atoms with Crippen molar-refractivity contribution in [1.29, 1.82) is 0 Å². The predicted octanol–water partition coefficient (Wildman–Crippen LogP) is 6.31. The van der Waals surface area contributed by atoms with Crippen molar-refractivity contribution >= 4 is 34.8 Å². The number of halogens is 1. The number of nitrogens with zero attached hydrogens (tertiary/aromatic N) is 2. The first-order valence-corrected chi connectivity index (χ1v) is 13.1. The first-order chi connectivity index (χ1) is 19.5. The molecular weight excluding hydrogens is 526 g/mol. The Hall–Kier alpha value is -4.95. The lowest BCUT2D eigenvalue weighted by Gasteiger charge is -2.17. The normalized spacial score (nSPS) is 11.7. The fraction of sp³-hybridized carbons (Fsp3) is 0.0968. The minimum absolute atomic E-state index is 0.137. The van der Waals surface area contributed by atoms with Gasteiger partial charge in [0.15, 0.2) is 0 Å². The molecule has 0 saturated carbocycles. The molecule has 5 aromatic rings. The molecule has 2 aromatic heterocycles. The molecule has 0 fully saturated rings. The van der Waals surface area contributed by atoms with E-state index in [9.17, 15) is 9.59 Å². The number of hydrogen-bond acceptors (Lipinski definition) is 5. The number of rotatable bonds is 7. The SMILES string of the molecule is O=C(Nc1ccc2c(c1)-c1n[nH]c(C(=O)Nc3ccc(OCc4ccccc4)cc3)c1CC2)c1cccnc1Cl. The van der Waals surface area contributed by atoms with Gasteiger partial charge in [-0.25, -0.2) is 4.98 Å². The van der Waals surface area contributed by atoms with Crippen LogP contribution in [0, 0.1) is 0 Å². The highest BCUT2D eigenvalue weighted by Gasteiger charge is 2.26. The summed E-state index contributed by atoms with van der Waals surface area (Å²) < 4.78 is 5.83. The summed E-state index contributed by atoms with van der Waals surface area (Å²) in [6, 6.07) is 26.1. The number of aromatic amines is 1. The Balaban J connectivity index is 1.15. The number of pyridine rings is 1. The van der Waals surface area contributed by atoms with Crippen LogP contribution in [0.4, 0.5) is 11.4 Å². The molecule has 0 saturated heterocycles. The molecule has 2 amide bonds. The lowest BCUT2D eigenvalue weighted by molar-refractivity contribution is 0.101. The Morgan fingerprint density at radius 2 is 1.65 bits per heavy atom. The Labute approximate surface area is 235 Å². The van der Waals surface area contributed by atoms with Crippen LogP contribution >= 0.6 is 11.6 Å². The summed E-state index contributed by atoms with van der Waals surface area (Å²) in [5, 5.41) is 13.3. The van der Waals surface area contributed by atoms with E-state index in [1.165, 1.54) is 6.20 Å². The van der Waals surface area contributed by atoms with Gasteiger partial charge in [-0.05, 0) is 72.5 Å². The fourth-order valence-electron chi connectivity index (χ4n) is 4.69. The van der Waals surface area contributed by atoms with Crippen LogP contribution in [-0.2, 0) is 19.4 Å². The summed E-state index contributed by atoms with van der Waals surface area (Å²) in [6.45, 7) is 0.469. The Kier molecular flexibility index (Phi) is 6.99. The molecule has 0 aliphatic heterocycles. The van der Waals surface area contributed by atoms with Crippen LogP contribution in [0.1, 0.15) is 37.5 Å². The number of carbonyl (C=O) groups excluding carboxylic acids is 2. The quantitative estimate of drug-likeness (QED) is 0.206. The van der Waals surface area contributed by atoms with Gasteiger partial charge in [-0.3, -0.25) is 14.7 Å². The van der Waals surface area contributed by atoms with Gasteiger partial charge in [-0.15, -0.1) is 0 Å². The average Bonchev–Trinajstić information content (AvgIpc) is 3.43. The molecule has 0 bridgehead atoms. The van der Waals surface area contributed by atoms with Crippen molar-refractivity contribution in [3.8, 4) is 17.0 Å². The molecule has 0 unspecified atom stereocenters. The van der Waals surface area contributed by atoms with Crippen molar-refractivity contribution in [2.24, 2.45) is 0 Å². The zero-order chi connectivity index (χ0) is 27.5. The Bertz CT molecular complexity index is 1700. The van der Waals surface area contributed by atoms with Gasteiger partial charge in [-0.2, -0.15) is 5.10 Å². The topological polar surface area (TPSA) is 109 Å². The van der Waals surface area contributed by atoms with Crippen LogP contribution in [0.25, 0.3) is 11.3 Å². The van der Waals surface area contributed by atoms with E-state index >= 15 is 0 Å². The maximum atomic E-state index is 13.2. The molecule has 1 aliphatic rings. The highest BCUT2D eigenvalue weighted by atomic mass is 35.5. The first kappa shape index (κ1) is 25.3. The van der Waals surface area contributed by atoms with E-state index in [0.717, 1.165) is 28.7 Å². The van der Waals surface area contributed by atoms with Crippen molar-refractivity contribution < 1.29 is 14.3 Å².